The molecule has 2 heterocycles. The van der Waals surface area contributed by atoms with E-state index in [4.69, 9.17) is 5.26 Å². The van der Waals surface area contributed by atoms with E-state index < -0.39 is 0 Å². The first-order valence-corrected chi connectivity index (χ1v) is 6.18. The quantitative estimate of drug-likeness (QED) is 0.897. The fourth-order valence-corrected chi connectivity index (χ4v) is 2.42. The molecular formula is C12H14N4S. The highest BCUT2D eigenvalue weighted by molar-refractivity contribution is 7.11. The highest BCUT2D eigenvalue weighted by Gasteiger charge is 2.02. The monoisotopic (exact) mass is 246 g/mol. The van der Waals surface area contributed by atoms with Gasteiger partial charge in [0.1, 0.15) is 11.8 Å². The van der Waals surface area contributed by atoms with E-state index in [0.717, 1.165) is 23.7 Å². The second kappa shape index (κ2) is 5.13. The van der Waals surface area contributed by atoms with Crippen molar-refractivity contribution in [3.63, 3.8) is 0 Å². The molecule has 0 aliphatic rings. The summed E-state index contributed by atoms with van der Waals surface area (Å²) in [5, 5.41) is 13.3. The molecule has 5 heteroatoms. The minimum absolute atomic E-state index is 0.690. The Morgan fingerprint density at radius 3 is 2.94 bits per heavy atom. The summed E-state index contributed by atoms with van der Waals surface area (Å²) in [4.78, 5) is 5.44. The Balaban J connectivity index is 1.88. The first kappa shape index (κ1) is 11.8. The average Bonchev–Trinajstić information content (AvgIpc) is 2.85. The summed E-state index contributed by atoms with van der Waals surface area (Å²) in [5.74, 6) is 0. The molecule has 0 atom stereocenters. The van der Waals surface area contributed by atoms with Crippen LogP contribution in [0, 0.1) is 18.3 Å². The fraction of sp³-hybridized carbons (Fsp3) is 0.333. The Bertz CT molecular complexity index is 547. The van der Waals surface area contributed by atoms with Crippen LogP contribution in [0.3, 0.4) is 0 Å². The van der Waals surface area contributed by atoms with Crippen molar-refractivity contribution in [2.75, 3.05) is 0 Å². The van der Waals surface area contributed by atoms with Gasteiger partial charge in [0, 0.05) is 37.4 Å². The number of thiazole rings is 1. The number of nitriles is 1. The predicted molar refractivity (Wildman–Crippen MR) is 67.5 cm³/mol. The van der Waals surface area contributed by atoms with E-state index in [1.807, 2.05) is 37.0 Å². The maximum Gasteiger partial charge on any atom is 0.120 e. The van der Waals surface area contributed by atoms with Crippen molar-refractivity contribution in [2.45, 2.75) is 20.0 Å². The maximum atomic E-state index is 8.84. The summed E-state index contributed by atoms with van der Waals surface area (Å²) in [5.41, 5.74) is 1.82. The van der Waals surface area contributed by atoms with Crippen LogP contribution in [0.5, 0.6) is 0 Å². The Kier molecular flexibility index (Phi) is 3.57. The molecule has 0 fully saturated rings. The maximum absolute atomic E-state index is 8.84. The molecule has 0 spiro atoms. The number of hydrogen-bond donors (Lipinski definition) is 1. The van der Waals surface area contributed by atoms with Crippen LogP contribution < -0.4 is 5.32 Å². The lowest BCUT2D eigenvalue weighted by Crippen LogP contribution is -2.11. The highest BCUT2D eigenvalue weighted by Crippen LogP contribution is 2.11. The van der Waals surface area contributed by atoms with Crippen LogP contribution in [0.15, 0.2) is 18.5 Å². The molecule has 1 N–H and O–H groups in total. The van der Waals surface area contributed by atoms with Gasteiger partial charge in [0.15, 0.2) is 0 Å². The molecule has 0 amide bonds. The first-order chi connectivity index (χ1) is 8.19. The molecule has 0 aliphatic heterocycles. The molecule has 0 saturated heterocycles. The van der Waals surface area contributed by atoms with E-state index in [0.29, 0.717) is 5.69 Å². The summed E-state index contributed by atoms with van der Waals surface area (Å²) >= 11 is 1.70. The summed E-state index contributed by atoms with van der Waals surface area (Å²) in [6.45, 7) is 3.60. The normalized spacial score (nSPS) is 10.4. The Morgan fingerprint density at radius 1 is 1.53 bits per heavy atom. The Hall–Kier alpha value is -1.64. The van der Waals surface area contributed by atoms with E-state index in [1.54, 1.807) is 11.3 Å². The van der Waals surface area contributed by atoms with Crippen LogP contribution in [0.2, 0.25) is 0 Å². The smallest absolute Gasteiger partial charge is 0.120 e. The summed E-state index contributed by atoms with van der Waals surface area (Å²) in [6, 6.07) is 4.06. The summed E-state index contributed by atoms with van der Waals surface area (Å²) in [7, 11) is 1.88. The molecule has 2 aromatic rings. The molecule has 0 bridgehead atoms. The van der Waals surface area contributed by atoms with E-state index in [2.05, 4.69) is 16.4 Å². The van der Waals surface area contributed by atoms with Gasteiger partial charge in [-0.2, -0.15) is 5.26 Å². The first-order valence-electron chi connectivity index (χ1n) is 5.36. The van der Waals surface area contributed by atoms with Gasteiger partial charge in [-0.25, -0.2) is 4.98 Å². The zero-order valence-electron chi connectivity index (χ0n) is 9.90. The third-order valence-electron chi connectivity index (χ3n) is 2.47. The number of nitrogens with one attached hydrogen (secondary N) is 1. The molecule has 4 nitrogen and oxygen atoms in total. The molecule has 2 rings (SSSR count). The Morgan fingerprint density at radius 2 is 2.35 bits per heavy atom. The second-order valence-electron chi connectivity index (χ2n) is 3.91. The van der Waals surface area contributed by atoms with Crippen LogP contribution in [0.1, 0.15) is 21.1 Å². The number of aryl methyl sites for hydroxylation is 2. The minimum atomic E-state index is 0.690. The Labute approximate surface area is 105 Å². The number of rotatable bonds is 4. The van der Waals surface area contributed by atoms with Crippen molar-refractivity contribution < 1.29 is 0 Å². The third-order valence-corrected chi connectivity index (χ3v) is 3.39. The zero-order valence-corrected chi connectivity index (χ0v) is 10.7. The van der Waals surface area contributed by atoms with Crippen molar-refractivity contribution in [1.82, 2.24) is 14.9 Å². The van der Waals surface area contributed by atoms with Gasteiger partial charge in [-0.3, -0.25) is 0 Å². The molecule has 0 saturated carbocycles. The SMILES string of the molecule is Cc1ncc(CNCc2cc(C#N)n(C)c2)s1. The van der Waals surface area contributed by atoms with Crippen molar-refractivity contribution in [1.29, 1.82) is 5.26 Å². The second-order valence-corrected chi connectivity index (χ2v) is 5.22. The predicted octanol–water partition coefficient (Wildman–Crippen LogP) is 1.95. The van der Waals surface area contributed by atoms with E-state index in [9.17, 15) is 0 Å². The average molecular weight is 246 g/mol. The lowest BCUT2D eigenvalue weighted by Gasteiger charge is -1.99. The van der Waals surface area contributed by atoms with E-state index in [-0.39, 0.29) is 0 Å². The minimum Gasteiger partial charge on any atom is -0.342 e. The number of aromatic nitrogens is 2. The van der Waals surface area contributed by atoms with Crippen LogP contribution in [0.4, 0.5) is 0 Å². The van der Waals surface area contributed by atoms with Gasteiger partial charge in [-0.1, -0.05) is 0 Å². The summed E-state index contributed by atoms with van der Waals surface area (Å²) < 4.78 is 1.84. The molecule has 2 aromatic heterocycles. The van der Waals surface area contributed by atoms with Gasteiger partial charge in [-0.15, -0.1) is 11.3 Å². The van der Waals surface area contributed by atoms with Crippen LogP contribution in [0.25, 0.3) is 0 Å². The van der Waals surface area contributed by atoms with Crippen molar-refractivity contribution in [2.24, 2.45) is 7.05 Å². The van der Waals surface area contributed by atoms with Gasteiger partial charge >= 0.3 is 0 Å². The molecule has 0 aliphatic carbocycles. The third kappa shape index (κ3) is 2.93. The standard InChI is InChI=1S/C12H14N4S/c1-9-15-7-12(17-9)6-14-5-10-3-11(4-13)16(2)8-10/h3,7-8,14H,5-6H2,1-2H3. The topological polar surface area (TPSA) is 53.6 Å². The van der Waals surface area contributed by atoms with E-state index >= 15 is 0 Å². The van der Waals surface area contributed by atoms with Gasteiger partial charge in [0.05, 0.1) is 5.01 Å². The highest BCUT2D eigenvalue weighted by atomic mass is 32.1. The van der Waals surface area contributed by atoms with Crippen molar-refractivity contribution in [3.8, 4) is 6.07 Å². The molecule has 17 heavy (non-hydrogen) atoms. The fourth-order valence-electron chi connectivity index (χ4n) is 1.66. The molecular weight excluding hydrogens is 232 g/mol. The van der Waals surface area contributed by atoms with E-state index in [1.165, 1.54) is 4.88 Å². The zero-order chi connectivity index (χ0) is 12.3. The molecule has 88 valence electrons. The van der Waals surface area contributed by atoms with Crippen LogP contribution in [-0.4, -0.2) is 9.55 Å². The summed E-state index contributed by atoms with van der Waals surface area (Å²) in [6.07, 6.45) is 3.88. The number of hydrogen-bond acceptors (Lipinski definition) is 4. The molecule has 0 radical (unpaired) electrons. The van der Waals surface area contributed by atoms with Gasteiger partial charge in [-0.05, 0) is 18.6 Å². The van der Waals surface area contributed by atoms with Crippen LogP contribution >= 0.6 is 11.3 Å². The lowest BCUT2D eigenvalue weighted by molar-refractivity contribution is 0.698. The van der Waals surface area contributed by atoms with Gasteiger partial charge < -0.3 is 9.88 Å². The van der Waals surface area contributed by atoms with Crippen LogP contribution in [-0.2, 0) is 20.1 Å². The van der Waals surface area contributed by atoms with Gasteiger partial charge in [0.2, 0.25) is 0 Å². The lowest BCUT2D eigenvalue weighted by atomic mass is 10.3. The van der Waals surface area contributed by atoms with Crippen molar-refractivity contribution in [3.05, 3.63) is 39.6 Å². The van der Waals surface area contributed by atoms with Gasteiger partial charge in [0.25, 0.3) is 0 Å². The molecule has 0 unspecified atom stereocenters. The number of nitrogens with zero attached hydrogens (tertiary/aromatic N) is 3. The van der Waals surface area contributed by atoms with Crippen molar-refractivity contribution >= 4 is 11.3 Å². The largest absolute Gasteiger partial charge is 0.342 e. The molecule has 0 aromatic carbocycles.